The van der Waals surface area contributed by atoms with Gasteiger partial charge in [0.2, 0.25) is 0 Å². The van der Waals surface area contributed by atoms with E-state index in [4.69, 9.17) is 5.73 Å². The maximum absolute atomic E-state index is 10.9. The molecule has 5 rings (SSSR count). The van der Waals surface area contributed by atoms with Gasteiger partial charge in [0.25, 0.3) is 0 Å². The second-order valence-electron chi connectivity index (χ2n) is 9.27. The summed E-state index contributed by atoms with van der Waals surface area (Å²) in [5.74, 6) is 0.0698. The predicted molar refractivity (Wildman–Crippen MR) is 148 cm³/mol. The first kappa shape index (κ1) is 23.2. The molecular formula is C30H27N5O. The van der Waals surface area contributed by atoms with Crippen LogP contribution >= 0.6 is 0 Å². The smallest absolute Gasteiger partial charge is 0.151 e. The molecule has 0 aliphatic heterocycles. The summed E-state index contributed by atoms with van der Waals surface area (Å²) in [6.07, 6.45) is 0. The number of benzene rings is 5. The normalized spacial score (nSPS) is 11.9. The molecule has 0 saturated heterocycles. The zero-order valence-electron chi connectivity index (χ0n) is 20.7. The average molecular weight is 474 g/mol. The number of hydrogen-bond donors (Lipinski definition) is 2. The number of nitrogens with zero attached hydrogens (tertiary/aromatic N) is 4. The molecule has 0 fully saturated rings. The van der Waals surface area contributed by atoms with Crippen LogP contribution < -0.4 is 5.73 Å². The summed E-state index contributed by atoms with van der Waals surface area (Å²) in [5, 5.41) is 32.3. The number of rotatable bonds is 4. The number of nitrogen functional groups attached to an aromatic ring is 1. The van der Waals surface area contributed by atoms with Gasteiger partial charge in [0.1, 0.15) is 5.69 Å². The lowest BCUT2D eigenvalue weighted by Gasteiger charge is -2.09. The summed E-state index contributed by atoms with van der Waals surface area (Å²) in [5.41, 5.74) is 13.4. The lowest BCUT2D eigenvalue weighted by atomic mass is 10.0. The Morgan fingerprint density at radius 2 is 1.28 bits per heavy atom. The molecule has 0 aliphatic carbocycles. The van der Waals surface area contributed by atoms with Crippen LogP contribution in [0, 0.1) is 27.7 Å². The number of aryl methyl sites for hydroxylation is 4. The molecule has 178 valence electrons. The van der Waals surface area contributed by atoms with Crippen LogP contribution in [0.15, 0.2) is 93.3 Å². The molecule has 6 heteroatoms. The summed E-state index contributed by atoms with van der Waals surface area (Å²) in [4.78, 5) is 0. The first-order valence-corrected chi connectivity index (χ1v) is 11.8. The highest BCUT2D eigenvalue weighted by Gasteiger charge is 2.12. The number of nitrogens with two attached hydrogens (primary N) is 1. The molecule has 0 bridgehead atoms. The Labute approximate surface area is 209 Å². The van der Waals surface area contributed by atoms with Crippen molar-refractivity contribution in [1.82, 2.24) is 0 Å². The van der Waals surface area contributed by atoms with E-state index in [2.05, 4.69) is 32.6 Å². The van der Waals surface area contributed by atoms with E-state index in [1.165, 1.54) is 0 Å². The van der Waals surface area contributed by atoms with Gasteiger partial charge in [-0.25, -0.2) is 0 Å². The first-order chi connectivity index (χ1) is 17.3. The van der Waals surface area contributed by atoms with Crippen molar-refractivity contribution >= 4 is 50.0 Å². The van der Waals surface area contributed by atoms with Gasteiger partial charge in [-0.1, -0.05) is 29.8 Å². The maximum atomic E-state index is 10.9. The average Bonchev–Trinajstić information content (AvgIpc) is 2.83. The third-order valence-corrected chi connectivity index (χ3v) is 6.17. The number of phenolic OH excluding ortho intramolecular Hbond substituents is 1. The Balaban J connectivity index is 1.58. The summed E-state index contributed by atoms with van der Waals surface area (Å²) in [7, 11) is 0. The zero-order valence-corrected chi connectivity index (χ0v) is 20.7. The van der Waals surface area contributed by atoms with Crippen LogP contribution in [-0.4, -0.2) is 5.11 Å². The molecular weight excluding hydrogens is 446 g/mol. The van der Waals surface area contributed by atoms with Crippen LogP contribution in [0.5, 0.6) is 5.75 Å². The molecule has 0 aliphatic rings. The summed E-state index contributed by atoms with van der Waals surface area (Å²) >= 11 is 0. The van der Waals surface area contributed by atoms with Gasteiger partial charge in [-0.2, -0.15) is 5.11 Å². The van der Waals surface area contributed by atoms with E-state index in [1.54, 1.807) is 6.07 Å². The molecule has 0 aromatic heterocycles. The van der Waals surface area contributed by atoms with Crippen molar-refractivity contribution in [1.29, 1.82) is 0 Å². The summed E-state index contributed by atoms with van der Waals surface area (Å²) in [6.45, 7) is 8.04. The third-order valence-electron chi connectivity index (χ3n) is 6.17. The first-order valence-electron chi connectivity index (χ1n) is 11.8. The van der Waals surface area contributed by atoms with Crippen molar-refractivity contribution in [3.63, 3.8) is 0 Å². The van der Waals surface area contributed by atoms with E-state index in [0.717, 1.165) is 49.8 Å². The molecule has 6 nitrogen and oxygen atoms in total. The SMILES string of the molecule is Cc1cc(C)cc(N=Nc2ccc(N=Nc3c(C)cc4ccc(N)cc4c3O)c3cc(C)ccc23)c1. The van der Waals surface area contributed by atoms with Gasteiger partial charge < -0.3 is 10.8 Å². The largest absolute Gasteiger partial charge is 0.505 e. The molecule has 0 saturated carbocycles. The van der Waals surface area contributed by atoms with E-state index in [1.807, 2.05) is 82.3 Å². The molecule has 5 aromatic carbocycles. The van der Waals surface area contributed by atoms with Crippen LogP contribution in [0.2, 0.25) is 0 Å². The molecule has 5 aromatic rings. The standard InChI is InChI=1S/C30H27N5O/c1-17-5-8-24-26(14-17)28(10-9-27(24)33-32-23-12-18(2)11-19(3)13-23)34-35-29-20(4)15-21-6-7-22(31)16-25(21)30(29)36/h5-16,36H,31H2,1-4H3. The molecule has 0 radical (unpaired) electrons. The lowest BCUT2D eigenvalue weighted by Crippen LogP contribution is -1.86. The molecule has 0 unspecified atom stereocenters. The van der Waals surface area contributed by atoms with Crippen LogP contribution in [-0.2, 0) is 0 Å². The Morgan fingerprint density at radius 3 is 2.03 bits per heavy atom. The second-order valence-corrected chi connectivity index (χ2v) is 9.27. The second kappa shape index (κ2) is 9.23. The topological polar surface area (TPSA) is 95.7 Å². The van der Waals surface area contributed by atoms with Crippen LogP contribution in [0.1, 0.15) is 22.3 Å². The van der Waals surface area contributed by atoms with Gasteiger partial charge in [0, 0.05) is 21.8 Å². The highest BCUT2D eigenvalue weighted by molar-refractivity contribution is 6.00. The number of phenols is 1. The van der Waals surface area contributed by atoms with E-state index < -0.39 is 0 Å². The fourth-order valence-corrected chi connectivity index (χ4v) is 4.48. The maximum Gasteiger partial charge on any atom is 0.151 e. The highest BCUT2D eigenvalue weighted by atomic mass is 16.3. The number of hydrogen-bond acceptors (Lipinski definition) is 6. The summed E-state index contributed by atoms with van der Waals surface area (Å²) < 4.78 is 0. The molecule has 0 spiro atoms. The van der Waals surface area contributed by atoms with Crippen molar-refractivity contribution in [3.05, 3.63) is 95.1 Å². The Bertz CT molecular complexity index is 1680. The van der Waals surface area contributed by atoms with Gasteiger partial charge in [-0.3, -0.25) is 0 Å². The van der Waals surface area contributed by atoms with Crippen molar-refractivity contribution < 1.29 is 5.11 Å². The predicted octanol–water partition coefficient (Wildman–Crippen LogP) is 9.35. The minimum Gasteiger partial charge on any atom is -0.505 e. The number of azo groups is 2. The molecule has 0 atom stereocenters. The number of fused-ring (bicyclic) bond motifs is 2. The van der Waals surface area contributed by atoms with E-state index in [0.29, 0.717) is 22.4 Å². The minimum atomic E-state index is 0.0698. The van der Waals surface area contributed by atoms with Crippen molar-refractivity contribution in [2.24, 2.45) is 20.5 Å². The number of anilines is 1. The Hall–Kier alpha value is -4.58. The van der Waals surface area contributed by atoms with Gasteiger partial charge in [0.15, 0.2) is 5.75 Å². The zero-order chi connectivity index (χ0) is 25.4. The van der Waals surface area contributed by atoms with Crippen molar-refractivity contribution in [2.45, 2.75) is 27.7 Å². The molecule has 3 N–H and O–H groups in total. The Kier molecular flexibility index (Phi) is 5.94. The van der Waals surface area contributed by atoms with E-state index in [9.17, 15) is 5.11 Å². The van der Waals surface area contributed by atoms with Gasteiger partial charge in [-0.15, -0.1) is 15.3 Å². The number of aromatic hydroxyl groups is 1. The highest BCUT2D eigenvalue weighted by Crippen LogP contribution is 2.41. The van der Waals surface area contributed by atoms with Crippen molar-refractivity contribution in [2.75, 3.05) is 5.73 Å². The van der Waals surface area contributed by atoms with Gasteiger partial charge in [-0.05, 0) is 98.3 Å². The Morgan fingerprint density at radius 1 is 0.583 bits per heavy atom. The summed E-state index contributed by atoms with van der Waals surface area (Å²) in [6, 6.07) is 23.5. The third kappa shape index (κ3) is 4.53. The van der Waals surface area contributed by atoms with Crippen molar-refractivity contribution in [3.8, 4) is 5.75 Å². The minimum absolute atomic E-state index is 0.0698. The van der Waals surface area contributed by atoms with E-state index >= 15 is 0 Å². The fourth-order valence-electron chi connectivity index (χ4n) is 4.48. The van der Waals surface area contributed by atoms with Gasteiger partial charge >= 0.3 is 0 Å². The van der Waals surface area contributed by atoms with Crippen LogP contribution in [0.3, 0.4) is 0 Å². The van der Waals surface area contributed by atoms with Crippen LogP contribution in [0.25, 0.3) is 21.5 Å². The monoisotopic (exact) mass is 473 g/mol. The molecule has 0 amide bonds. The lowest BCUT2D eigenvalue weighted by molar-refractivity contribution is 0.482. The molecule has 36 heavy (non-hydrogen) atoms. The van der Waals surface area contributed by atoms with Gasteiger partial charge in [0.05, 0.1) is 17.1 Å². The van der Waals surface area contributed by atoms with E-state index in [-0.39, 0.29) is 5.75 Å². The quantitative estimate of drug-likeness (QED) is 0.201. The van der Waals surface area contributed by atoms with Crippen LogP contribution in [0.4, 0.5) is 28.4 Å². The molecule has 0 heterocycles. The fraction of sp³-hybridized carbons (Fsp3) is 0.133.